The summed E-state index contributed by atoms with van der Waals surface area (Å²) >= 11 is 3.54. The highest BCUT2D eigenvalue weighted by Crippen LogP contribution is 2.26. The van der Waals surface area contributed by atoms with Gasteiger partial charge in [0.1, 0.15) is 6.33 Å². The zero-order valence-corrected chi connectivity index (χ0v) is 14.4. The number of aromatic nitrogens is 3. The van der Waals surface area contributed by atoms with E-state index < -0.39 is 0 Å². The van der Waals surface area contributed by atoms with E-state index in [-0.39, 0.29) is 6.04 Å². The second-order valence-electron chi connectivity index (χ2n) is 5.14. The Kier molecular flexibility index (Phi) is 4.95. The van der Waals surface area contributed by atoms with E-state index in [1.807, 2.05) is 28.4 Å². The SMILES string of the molecule is CCC(c1ccccc1)n1cnc(SCc2ccc(C)s2)n1. The van der Waals surface area contributed by atoms with Crippen molar-refractivity contribution in [1.29, 1.82) is 0 Å². The Balaban J connectivity index is 1.69. The van der Waals surface area contributed by atoms with Crippen molar-refractivity contribution >= 4 is 23.1 Å². The lowest BCUT2D eigenvalue weighted by atomic mass is 10.1. The van der Waals surface area contributed by atoms with Crippen LogP contribution in [0.15, 0.2) is 53.9 Å². The standard InChI is InChI=1S/C17H19N3S2/c1-3-16(14-7-5-4-6-8-14)20-12-18-17(19-20)21-11-15-10-9-13(2)22-15/h4-10,12,16H,3,11H2,1-2H3. The third-order valence-corrected chi connectivity index (χ3v) is 5.60. The van der Waals surface area contributed by atoms with Crippen LogP contribution >= 0.6 is 23.1 Å². The summed E-state index contributed by atoms with van der Waals surface area (Å²) in [7, 11) is 0. The maximum Gasteiger partial charge on any atom is 0.208 e. The maximum absolute atomic E-state index is 4.65. The molecule has 1 unspecified atom stereocenters. The molecule has 2 aromatic heterocycles. The molecule has 0 fully saturated rings. The van der Waals surface area contributed by atoms with Crippen molar-refractivity contribution in [1.82, 2.24) is 14.8 Å². The number of hydrogen-bond donors (Lipinski definition) is 0. The maximum atomic E-state index is 4.65. The van der Waals surface area contributed by atoms with Crippen LogP contribution < -0.4 is 0 Å². The minimum Gasteiger partial charge on any atom is -0.244 e. The summed E-state index contributed by atoms with van der Waals surface area (Å²) < 4.78 is 1.98. The molecule has 114 valence electrons. The number of thioether (sulfide) groups is 1. The molecule has 22 heavy (non-hydrogen) atoms. The molecule has 0 aliphatic carbocycles. The van der Waals surface area contributed by atoms with Crippen LogP contribution in [0.5, 0.6) is 0 Å². The lowest BCUT2D eigenvalue weighted by molar-refractivity contribution is 0.500. The molecule has 0 amide bonds. The van der Waals surface area contributed by atoms with Gasteiger partial charge in [0.05, 0.1) is 6.04 Å². The van der Waals surface area contributed by atoms with Gasteiger partial charge in [-0.2, -0.15) is 0 Å². The van der Waals surface area contributed by atoms with Crippen LogP contribution in [-0.4, -0.2) is 14.8 Å². The fourth-order valence-electron chi connectivity index (χ4n) is 2.42. The normalized spacial score (nSPS) is 12.5. The van der Waals surface area contributed by atoms with E-state index in [1.54, 1.807) is 11.8 Å². The van der Waals surface area contributed by atoms with E-state index in [0.717, 1.165) is 17.3 Å². The van der Waals surface area contributed by atoms with Crippen molar-refractivity contribution in [2.75, 3.05) is 0 Å². The van der Waals surface area contributed by atoms with Gasteiger partial charge in [-0.25, -0.2) is 9.67 Å². The molecular weight excluding hydrogens is 310 g/mol. The number of thiophene rings is 1. The second-order valence-corrected chi connectivity index (χ2v) is 7.46. The Bertz CT molecular complexity index is 718. The van der Waals surface area contributed by atoms with Gasteiger partial charge in [-0.05, 0) is 31.0 Å². The van der Waals surface area contributed by atoms with Gasteiger partial charge in [-0.15, -0.1) is 16.4 Å². The Morgan fingerprint density at radius 3 is 2.68 bits per heavy atom. The van der Waals surface area contributed by atoms with Crippen molar-refractivity contribution in [3.63, 3.8) is 0 Å². The highest BCUT2D eigenvalue weighted by molar-refractivity contribution is 7.98. The molecule has 1 atom stereocenters. The molecule has 5 heteroatoms. The van der Waals surface area contributed by atoms with Gasteiger partial charge < -0.3 is 0 Å². The zero-order chi connectivity index (χ0) is 15.4. The van der Waals surface area contributed by atoms with E-state index in [1.165, 1.54) is 15.3 Å². The molecule has 0 saturated heterocycles. The minimum atomic E-state index is 0.257. The summed E-state index contributed by atoms with van der Waals surface area (Å²) in [5.41, 5.74) is 1.28. The summed E-state index contributed by atoms with van der Waals surface area (Å²) in [5.74, 6) is 0.935. The van der Waals surface area contributed by atoms with Crippen molar-refractivity contribution < 1.29 is 0 Å². The smallest absolute Gasteiger partial charge is 0.208 e. The van der Waals surface area contributed by atoms with Crippen LogP contribution in [0, 0.1) is 6.92 Å². The minimum absolute atomic E-state index is 0.257. The first-order chi connectivity index (χ1) is 10.8. The fourth-order valence-corrected chi connectivity index (χ4v) is 4.16. The van der Waals surface area contributed by atoms with Crippen molar-refractivity contribution in [2.24, 2.45) is 0 Å². The largest absolute Gasteiger partial charge is 0.244 e. The molecule has 3 aromatic rings. The molecule has 0 aliphatic rings. The third-order valence-electron chi connectivity index (χ3n) is 3.52. The van der Waals surface area contributed by atoms with Crippen LogP contribution in [0.25, 0.3) is 0 Å². The summed E-state index contributed by atoms with van der Waals surface area (Å²) in [4.78, 5) is 7.17. The van der Waals surface area contributed by atoms with Gasteiger partial charge in [-0.1, -0.05) is 49.0 Å². The molecule has 0 bridgehead atoms. The first kappa shape index (κ1) is 15.3. The van der Waals surface area contributed by atoms with Crippen LogP contribution in [0.3, 0.4) is 0 Å². The van der Waals surface area contributed by atoms with Crippen LogP contribution in [0.1, 0.15) is 34.7 Å². The van der Waals surface area contributed by atoms with Gasteiger partial charge >= 0.3 is 0 Å². The van der Waals surface area contributed by atoms with Crippen molar-refractivity contribution in [3.8, 4) is 0 Å². The predicted molar refractivity (Wildman–Crippen MR) is 93.5 cm³/mol. The van der Waals surface area contributed by atoms with E-state index in [4.69, 9.17) is 0 Å². The molecule has 0 N–H and O–H groups in total. The molecule has 3 rings (SSSR count). The highest BCUT2D eigenvalue weighted by atomic mass is 32.2. The topological polar surface area (TPSA) is 30.7 Å². The third kappa shape index (κ3) is 3.59. The van der Waals surface area contributed by atoms with Gasteiger partial charge in [0.25, 0.3) is 0 Å². The lowest BCUT2D eigenvalue weighted by Crippen LogP contribution is -2.10. The molecule has 0 aliphatic heterocycles. The number of nitrogens with zero attached hydrogens (tertiary/aromatic N) is 3. The van der Waals surface area contributed by atoms with E-state index in [9.17, 15) is 0 Å². The monoisotopic (exact) mass is 329 g/mol. The Labute approximate surface area is 139 Å². The van der Waals surface area contributed by atoms with Crippen LogP contribution in [-0.2, 0) is 5.75 Å². The summed E-state index contributed by atoms with van der Waals surface area (Å²) in [6.45, 7) is 4.32. The number of aryl methyl sites for hydroxylation is 1. The molecule has 2 heterocycles. The lowest BCUT2D eigenvalue weighted by Gasteiger charge is -2.14. The van der Waals surface area contributed by atoms with Crippen molar-refractivity contribution in [2.45, 2.75) is 37.2 Å². The molecule has 0 saturated carbocycles. The quantitative estimate of drug-likeness (QED) is 0.600. The van der Waals surface area contributed by atoms with E-state index in [2.05, 4.69) is 60.3 Å². The van der Waals surface area contributed by atoms with E-state index in [0.29, 0.717) is 0 Å². The van der Waals surface area contributed by atoms with Crippen molar-refractivity contribution in [3.05, 3.63) is 64.1 Å². The van der Waals surface area contributed by atoms with Gasteiger partial charge in [0, 0.05) is 15.5 Å². The first-order valence-electron chi connectivity index (χ1n) is 7.40. The van der Waals surface area contributed by atoms with E-state index >= 15 is 0 Å². The molecule has 1 aromatic carbocycles. The number of rotatable bonds is 6. The van der Waals surface area contributed by atoms with Gasteiger partial charge in [0.2, 0.25) is 5.16 Å². The Morgan fingerprint density at radius 1 is 1.18 bits per heavy atom. The summed E-state index contributed by atoms with van der Waals surface area (Å²) in [6, 6.07) is 15.1. The molecular formula is C17H19N3S2. The average Bonchev–Trinajstić information content (AvgIpc) is 3.16. The molecule has 0 spiro atoms. The summed E-state index contributed by atoms with van der Waals surface area (Å²) in [5, 5.41) is 5.50. The molecule has 3 nitrogen and oxygen atoms in total. The van der Waals surface area contributed by atoms with Gasteiger partial charge in [0.15, 0.2) is 0 Å². The Morgan fingerprint density at radius 2 is 2.00 bits per heavy atom. The highest BCUT2D eigenvalue weighted by Gasteiger charge is 2.13. The Hall–Kier alpha value is -1.59. The zero-order valence-electron chi connectivity index (χ0n) is 12.8. The first-order valence-corrected chi connectivity index (χ1v) is 9.20. The van der Waals surface area contributed by atoms with Crippen LogP contribution in [0.4, 0.5) is 0 Å². The fraction of sp³-hybridized carbons (Fsp3) is 0.294. The summed E-state index contributed by atoms with van der Waals surface area (Å²) in [6.07, 6.45) is 2.85. The predicted octanol–water partition coefficient (Wildman–Crippen LogP) is 4.94. The van der Waals surface area contributed by atoms with Gasteiger partial charge in [-0.3, -0.25) is 0 Å². The number of hydrogen-bond acceptors (Lipinski definition) is 4. The number of benzene rings is 1. The molecule has 0 radical (unpaired) electrons. The van der Waals surface area contributed by atoms with Crippen LogP contribution in [0.2, 0.25) is 0 Å². The second kappa shape index (κ2) is 7.11. The average molecular weight is 329 g/mol.